The normalized spacial score (nSPS) is 11.2. The molecular weight excluding hydrogens is 148 g/mol. The number of hydrogen-bond donors (Lipinski definition) is 0. The Morgan fingerprint density at radius 1 is 1.33 bits per heavy atom. The molecule has 0 aliphatic carbocycles. The molecule has 2 heteroatoms. The molecule has 0 saturated carbocycles. The molecule has 1 rings (SSSR count). The van der Waals surface area contributed by atoms with Gasteiger partial charge in [-0.25, -0.2) is 9.97 Å². The van der Waals surface area contributed by atoms with E-state index in [4.69, 9.17) is 0 Å². The first kappa shape index (κ1) is 8.91. The van der Waals surface area contributed by atoms with Gasteiger partial charge < -0.3 is 0 Å². The van der Waals surface area contributed by atoms with Crippen molar-refractivity contribution in [2.75, 3.05) is 0 Å². The second kappa shape index (κ2) is 3.05. The summed E-state index contributed by atoms with van der Waals surface area (Å²) in [5, 5.41) is 0. The summed E-state index contributed by atoms with van der Waals surface area (Å²) in [5.41, 5.74) is 2.02. The van der Waals surface area contributed by atoms with Crippen molar-refractivity contribution in [3.05, 3.63) is 30.4 Å². The summed E-state index contributed by atoms with van der Waals surface area (Å²) in [7, 11) is 0. The molecule has 0 N–H and O–H groups in total. The third-order valence-electron chi connectivity index (χ3n) is 1.67. The van der Waals surface area contributed by atoms with Crippen molar-refractivity contribution in [1.82, 2.24) is 9.97 Å². The Labute approximate surface area is 73.4 Å². The number of nitrogens with zero attached hydrogens (tertiary/aromatic N) is 2. The van der Waals surface area contributed by atoms with E-state index in [2.05, 4.69) is 37.3 Å². The Morgan fingerprint density at radius 2 is 2.00 bits per heavy atom. The van der Waals surface area contributed by atoms with E-state index >= 15 is 0 Å². The Balaban J connectivity index is 3.10. The van der Waals surface area contributed by atoms with E-state index in [1.165, 1.54) is 0 Å². The van der Waals surface area contributed by atoms with Crippen LogP contribution in [-0.4, -0.2) is 9.97 Å². The Hall–Kier alpha value is -1.18. The van der Waals surface area contributed by atoms with Crippen LogP contribution in [0.4, 0.5) is 0 Å². The van der Waals surface area contributed by atoms with Crippen LogP contribution in [0.3, 0.4) is 0 Å². The van der Waals surface area contributed by atoms with Crippen LogP contribution in [0.15, 0.2) is 19.0 Å². The van der Waals surface area contributed by atoms with Gasteiger partial charge in [0, 0.05) is 11.1 Å². The highest BCUT2D eigenvalue weighted by molar-refractivity contribution is 5.41. The molecule has 0 amide bonds. The van der Waals surface area contributed by atoms with Crippen molar-refractivity contribution in [1.29, 1.82) is 0 Å². The van der Waals surface area contributed by atoms with Crippen LogP contribution < -0.4 is 0 Å². The second-order valence-electron chi connectivity index (χ2n) is 3.78. The summed E-state index contributed by atoms with van der Waals surface area (Å²) >= 11 is 0. The van der Waals surface area contributed by atoms with Crippen molar-refractivity contribution in [3.8, 4) is 0 Å². The summed E-state index contributed by atoms with van der Waals surface area (Å²) in [6.07, 6.45) is 3.31. The average molecular weight is 162 g/mol. The highest BCUT2D eigenvalue weighted by atomic mass is 14.8. The van der Waals surface area contributed by atoms with Gasteiger partial charge >= 0.3 is 0 Å². The fourth-order valence-corrected chi connectivity index (χ4v) is 0.894. The van der Waals surface area contributed by atoms with Gasteiger partial charge in [0.15, 0.2) is 0 Å². The highest BCUT2D eigenvalue weighted by Gasteiger charge is 2.14. The average Bonchev–Trinajstić information content (AvgIpc) is 2.03. The molecule has 0 aliphatic heterocycles. The fourth-order valence-electron chi connectivity index (χ4n) is 0.894. The first-order chi connectivity index (χ1) is 5.54. The Morgan fingerprint density at radius 3 is 2.50 bits per heavy atom. The molecule has 0 unspecified atom stereocenters. The molecule has 0 aliphatic rings. The lowest BCUT2D eigenvalue weighted by Gasteiger charge is -2.17. The SMILES string of the molecule is C=Cc1cc(C(C)(C)C)ncn1. The number of hydrogen-bond acceptors (Lipinski definition) is 2. The zero-order valence-corrected chi connectivity index (χ0v) is 7.83. The molecule has 64 valence electrons. The minimum absolute atomic E-state index is 0.0840. The molecule has 0 aromatic carbocycles. The zero-order valence-electron chi connectivity index (χ0n) is 7.83. The molecular formula is C10H14N2. The number of rotatable bonds is 1. The quantitative estimate of drug-likeness (QED) is 0.633. The van der Waals surface area contributed by atoms with Crippen molar-refractivity contribution in [3.63, 3.8) is 0 Å². The number of aromatic nitrogens is 2. The van der Waals surface area contributed by atoms with Crippen LogP contribution in [0, 0.1) is 0 Å². The minimum Gasteiger partial charge on any atom is -0.241 e. The van der Waals surface area contributed by atoms with Gasteiger partial charge in [-0.3, -0.25) is 0 Å². The van der Waals surface area contributed by atoms with E-state index in [0.717, 1.165) is 11.4 Å². The van der Waals surface area contributed by atoms with Gasteiger partial charge in [-0.05, 0) is 12.1 Å². The van der Waals surface area contributed by atoms with Crippen molar-refractivity contribution >= 4 is 6.08 Å². The van der Waals surface area contributed by atoms with E-state index in [1.54, 1.807) is 12.4 Å². The lowest BCUT2D eigenvalue weighted by molar-refractivity contribution is 0.566. The molecule has 0 fully saturated rings. The monoisotopic (exact) mass is 162 g/mol. The van der Waals surface area contributed by atoms with Gasteiger partial charge in [-0.1, -0.05) is 27.4 Å². The fraction of sp³-hybridized carbons (Fsp3) is 0.400. The van der Waals surface area contributed by atoms with E-state index in [1.807, 2.05) is 6.07 Å². The van der Waals surface area contributed by atoms with Crippen LogP contribution in [0.2, 0.25) is 0 Å². The van der Waals surface area contributed by atoms with E-state index < -0.39 is 0 Å². The molecule has 1 aromatic heterocycles. The minimum atomic E-state index is 0.0840. The van der Waals surface area contributed by atoms with Gasteiger partial charge in [-0.2, -0.15) is 0 Å². The summed E-state index contributed by atoms with van der Waals surface area (Å²) in [6.45, 7) is 10.0. The summed E-state index contributed by atoms with van der Waals surface area (Å²) in [4.78, 5) is 8.24. The summed E-state index contributed by atoms with van der Waals surface area (Å²) in [5.74, 6) is 0. The molecule has 0 saturated heterocycles. The molecule has 12 heavy (non-hydrogen) atoms. The first-order valence-electron chi connectivity index (χ1n) is 3.99. The van der Waals surface area contributed by atoms with E-state index in [9.17, 15) is 0 Å². The summed E-state index contributed by atoms with van der Waals surface area (Å²) < 4.78 is 0. The standard InChI is InChI=1S/C10H14N2/c1-5-8-6-9(10(2,3)4)12-7-11-8/h5-7H,1H2,2-4H3. The maximum atomic E-state index is 4.20. The largest absolute Gasteiger partial charge is 0.241 e. The molecule has 0 bridgehead atoms. The molecule has 1 aromatic rings. The second-order valence-corrected chi connectivity index (χ2v) is 3.78. The predicted molar refractivity (Wildman–Crippen MR) is 50.8 cm³/mol. The lowest BCUT2D eigenvalue weighted by atomic mass is 9.91. The molecule has 2 nitrogen and oxygen atoms in total. The van der Waals surface area contributed by atoms with Gasteiger partial charge in [0.2, 0.25) is 0 Å². The molecule has 0 spiro atoms. The van der Waals surface area contributed by atoms with Crippen LogP contribution in [0.25, 0.3) is 6.08 Å². The van der Waals surface area contributed by atoms with Crippen LogP contribution in [-0.2, 0) is 5.41 Å². The van der Waals surface area contributed by atoms with Crippen LogP contribution >= 0.6 is 0 Å². The van der Waals surface area contributed by atoms with Crippen molar-refractivity contribution in [2.24, 2.45) is 0 Å². The summed E-state index contributed by atoms with van der Waals surface area (Å²) in [6, 6.07) is 1.97. The molecule has 1 heterocycles. The van der Waals surface area contributed by atoms with Gasteiger partial charge in [0.25, 0.3) is 0 Å². The molecule has 0 atom stereocenters. The van der Waals surface area contributed by atoms with Gasteiger partial charge in [0.05, 0.1) is 5.69 Å². The van der Waals surface area contributed by atoms with Crippen LogP contribution in [0.5, 0.6) is 0 Å². The van der Waals surface area contributed by atoms with E-state index in [-0.39, 0.29) is 5.41 Å². The highest BCUT2D eigenvalue weighted by Crippen LogP contribution is 2.19. The third kappa shape index (κ3) is 1.91. The smallest absolute Gasteiger partial charge is 0.116 e. The van der Waals surface area contributed by atoms with E-state index in [0.29, 0.717) is 0 Å². The maximum absolute atomic E-state index is 4.20. The van der Waals surface area contributed by atoms with Crippen LogP contribution in [0.1, 0.15) is 32.2 Å². The topological polar surface area (TPSA) is 25.8 Å². The Bertz CT molecular complexity index is 284. The van der Waals surface area contributed by atoms with Crippen molar-refractivity contribution in [2.45, 2.75) is 26.2 Å². The van der Waals surface area contributed by atoms with Crippen molar-refractivity contribution < 1.29 is 0 Å². The maximum Gasteiger partial charge on any atom is 0.116 e. The van der Waals surface area contributed by atoms with Gasteiger partial charge in [0.1, 0.15) is 6.33 Å². The predicted octanol–water partition coefficient (Wildman–Crippen LogP) is 2.42. The Kier molecular flexibility index (Phi) is 2.27. The lowest BCUT2D eigenvalue weighted by Crippen LogP contribution is -2.13. The first-order valence-corrected chi connectivity index (χ1v) is 3.99. The van der Waals surface area contributed by atoms with Gasteiger partial charge in [-0.15, -0.1) is 0 Å². The zero-order chi connectivity index (χ0) is 9.19. The third-order valence-corrected chi connectivity index (χ3v) is 1.67. The molecule has 0 radical (unpaired) electrons.